The lowest BCUT2D eigenvalue weighted by atomic mass is 10.0. The van der Waals surface area contributed by atoms with E-state index in [2.05, 4.69) is 42.6 Å². The molecular formula is C36H39FN8O3S2. The number of fused-ring (bicyclic) bond motifs is 2. The fourth-order valence-electron chi connectivity index (χ4n) is 5.58. The molecule has 3 N–H and O–H groups in total. The topological polar surface area (TPSA) is 129 Å². The number of halogens is 1. The molecule has 2 aromatic carbocycles. The summed E-state index contributed by atoms with van der Waals surface area (Å²) in [6.45, 7) is 5.27. The molecule has 0 saturated heterocycles. The van der Waals surface area contributed by atoms with E-state index in [0.717, 1.165) is 63.1 Å². The molecule has 0 unspecified atom stereocenters. The number of carboxylic acid groups (broad SMARTS) is 1. The maximum absolute atomic E-state index is 14.8. The van der Waals surface area contributed by atoms with Gasteiger partial charge in [-0.15, -0.1) is 21.5 Å². The highest BCUT2D eigenvalue weighted by atomic mass is 32.1. The summed E-state index contributed by atoms with van der Waals surface area (Å²) in [5, 5.41) is 26.8. The highest BCUT2D eigenvalue weighted by molar-refractivity contribution is 7.22. The van der Waals surface area contributed by atoms with Gasteiger partial charge in [0.05, 0.1) is 35.5 Å². The summed E-state index contributed by atoms with van der Waals surface area (Å²) in [6.07, 6.45) is 2.65. The zero-order valence-electron chi connectivity index (χ0n) is 28.3. The van der Waals surface area contributed by atoms with Crippen LogP contribution >= 0.6 is 22.7 Å². The van der Waals surface area contributed by atoms with Gasteiger partial charge in [-0.05, 0) is 77.0 Å². The van der Waals surface area contributed by atoms with Gasteiger partial charge in [0, 0.05) is 41.2 Å². The third kappa shape index (κ3) is 8.72. The molecule has 0 aliphatic carbocycles. The Labute approximate surface area is 298 Å². The Balaban J connectivity index is 1.09. The van der Waals surface area contributed by atoms with Gasteiger partial charge >= 0.3 is 5.97 Å². The van der Waals surface area contributed by atoms with Crippen LogP contribution in [0, 0.1) is 24.6 Å². The molecule has 5 aromatic rings. The number of para-hydroxylation sites is 1. The fourth-order valence-corrected chi connectivity index (χ4v) is 7.59. The number of anilines is 4. The molecule has 0 radical (unpaired) electrons. The molecule has 6 rings (SSSR count). The first-order valence-corrected chi connectivity index (χ1v) is 18.1. The lowest BCUT2D eigenvalue weighted by Crippen LogP contribution is -2.27. The molecule has 0 bridgehead atoms. The number of aromatic nitrogens is 4. The number of likely N-dealkylation sites (N-methyl/N-ethyl adjacent to an activating group) is 1. The SMILES string of the molecule is Cc1c(Nc2nc3ccccc3s2)nnc2c1CCCN2c1nc(CC(=O)O)c(CCCOc2ccc(C#CCNCCN(C)C)cc2F)s1. The Hall–Kier alpha value is -4.68. The van der Waals surface area contributed by atoms with Gasteiger partial charge in [-0.1, -0.05) is 35.3 Å². The van der Waals surface area contributed by atoms with E-state index in [1.54, 1.807) is 23.5 Å². The minimum Gasteiger partial charge on any atom is -0.491 e. The van der Waals surface area contributed by atoms with Crippen molar-refractivity contribution in [3.63, 3.8) is 0 Å². The number of rotatable bonds is 14. The van der Waals surface area contributed by atoms with Crippen molar-refractivity contribution in [1.29, 1.82) is 0 Å². The first kappa shape index (κ1) is 35.2. The predicted molar refractivity (Wildman–Crippen MR) is 197 cm³/mol. The second-order valence-electron chi connectivity index (χ2n) is 12.2. The number of benzene rings is 2. The van der Waals surface area contributed by atoms with Gasteiger partial charge in [0.1, 0.15) is 0 Å². The van der Waals surface area contributed by atoms with Crippen LogP contribution in [-0.2, 0) is 24.1 Å². The summed E-state index contributed by atoms with van der Waals surface area (Å²) in [7, 11) is 4.02. The Morgan fingerprint density at radius 2 is 2.02 bits per heavy atom. The summed E-state index contributed by atoms with van der Waals surface area (Å²) < 4.78 is 21.6. The van der Waals surface area contributed by atoms with Crippen molar-refractivity contribution in [3.05, 3.63) is 75.5 Å². The van der Waals surface area contributed by atoms with Crippen LogP contribution in [0.25, 0.3) is 10.2 Å². The van der Waals surface area contributed by atoms with Crippen LogP contribution in [0.3, 0.4) is 0 Å². The standard InChI is InChI=1S/C36H39FN8O3S2/c1-23-25-10-7-18-45(34(25)43-42-33(23)41-35-39-27-11-4-5-12-30(27)49-35)36-40-28(22-32(46)47)31(50-36)13-8-20-48-29-15-14-24(21-26(29)37)9-6-16-38-17-19-44(2)3/h4-5,11-12,14-15,21,38H,7-8,10,13,16-20,22H2,1-3H3,(H,46,47)(H,39,41,42). The van der Waals surface area contributed by atoms with E-state index in [1.807, 2.05) is 50.2 Å². The first-order valence-electron chi connectivity index (χ1n) is 16.5. The second kappa shape index (κ2) is 16.4. The molecule has 0 fully saturated rings. The molecule has 260 valence electrons. The number of nitrogens with one attached hydrogen (secondary N) is 2. The lowest BCUT2D eigenvalue weighted by molar-refractivity contribution is -0.136. The average Bonchev–Trinajstić information content (AvgIpc) is 3.69. The molecule has 0 spiro atoms. The Kier molecular flexibility index (Phi) is 11.5. The van der Waals surface area contributed by atoms with Crippen LogP contribution in [0.5, 0.6) is 5.75 Å². The van der Waals surface area contributed by atoms with Crippen LogP contribution in [0.4, 0.5) is 26.3 Å². The van der Waals surface area contributed by atoms with Crippen molar-refractivity contribution < 1.29 is 19.0 Å². The summed E-state index contributed by atoms with van der Waals surface area (Å²) in [5.41, 5.74) is 4.11. The molecule has 0 amide bonds. The number of aryl methyl sites for hydroxylation is 1. The molecule has 0 atom stereocenters. The van der Waals surface area contributed by atoms with Crippen LogP contribution < -0.4 is 20.3 Å². The van der Waals surface area contributed by atoms with E-state index in [4.69, 9.17) is 9.72 Å². The Bertz CT molecular complexity index is 2000. The minimum atomic E-state index is -0.950. The summed E-state index contributed by atoms with van der Waals surface area (Å²) in [6, 6.07) is 12.7. The van der Waals surface area contributed by atoms with E-state index in [1.165, 1.54) is 17.4 Å². The van der Waals surface area contributed by atoms with E-state index in [9.17, 15) is 14.3 Å². The van der Waals surface area contributed by atoms with Crippen LogP contribution in [0.2, 0.25) is 0 Å². The summed E-state index contributed by atoms with van der Waals surface area (Å²) in [5.74, 6) is 6.12. The number of nitrogens with zero attached hydrogens (tertiary/aromatic N) is 6. The van der Waals surface area contributed by atoms with Crippen molar-refractivity contribution in [2.45, 2.75) is 39.0 Å². The van der Waals surface area contributed by atoms with Gasteiger partial charge in [0.15, 0.2) is 33.5 Å². The molecule has 14 heteroatoms. The van der Waals surface area contributed by atoms with E-state index in [0.29, 0.717) is 48.1 Å². The van der Waals surface area contributed by atoms with Crippen LogP contribution in [0.1, 0.15) is 40.1 Å². The third-order valence-electron chi connectivity index (χ3n) is 8.14. The largest absolute Gasteiger partial charge is 0.491 e. The van der Waals surface area contributed by atoms with Crippen molar-refractivity contribution in [2.75, 3.05) is 57.1 Å². The number of aliphatic carboxylic acids is 1. The van der Waals surface area contributed by atoms with E-state index >= 15 is 0 Å². The highest BCUT2D eigenvalue weighted by Crippen LogP contribution is 2.39. The normalized spacial score (nSPS) is 12.5. The molecule has 11 nitrogen and oxygen atoms in total. The molecule has 4 heterocycles. The van der Waals surface area contributed by atoms with Crippen LogP contribution in [0.15, 0.2) is 42.5 Å². The molecule has 0 saturated carbocycles. The van der Waals surface area contributed by atoms with Crippen molar-refractivity contribution in [3.8, 4) is 17.6 Å². The molecular weight excluding hydrogens is 676 g/mol. The number of thiazole rings is 2. The average molecular weight is 715 g/mol. The summed E-state index contributed by atoms with van der Waals surface area (Å²) >= 11 is 3.02. The van der Waals surface area contributed by atoms with Crippen LogP contribution in [-0.4, -0.2) is 83.0 Å². The number of carbonyl (C=O) groups is 1. The smallest absolute Gasteiger partial charge is 0.309 e. The molecule has 1 aliphatic rings. The summed E-state index contributed by atoms with van der Waals surface area (Å²) in [4.78, 5) is 26.2. The number of ether oxygens (including phenoxy) is 1. The molecule has 1 aliphatic heterocycles. The number of hydrogen-bond acceptors (Lipinski definition) is 12. The first-order chi connectivity index (χ1) is 24.2. The monoisotopic (exact) mass is 714 g/mol. The zero-order chi connectivity index (χ0) is 35.0. The lowest BCUT2D eigenvalue weighted by Gasteiger charge is -2.28. The van der Waals surface area contributed by atoms with Gasteiger partial charge in [-0.3, -0.25) is 4.79 Å². The highest BCUT2D eigenvalue weighted by Gasteiger charge is 2.27. The van der Waals surface area contributed by atoms with Gasteiger partial charge in [0.2, 0.25) is 0 Å². The quantitative estimate of drug-likeness (QED) is 0.0932. The van der Waals surface area contributed by atoms with Crippen molar-refractivity contribution in [2.24, 2.45) is 0 Å². The molecule has 3 aromatic heterocycles. The fraction of sp³-hybridized carbons (Fsp3) is 0.361. The van der Waals surface area contributed by atoms with E-state index < -0.39 is 11.8 Å². The van der Waals surface area contributed by atoms with Gasteiger partial charge < -0.3 is 30.3 Å². The second-order valence-corrected chi connectivity index (χ2v) is 14.3. The minimum absolute atomic E-state index is 0.159. The molecule has 50 heavy (non-hydrogen) atoms. The van der Waals surface area contributed by atoms with Gasteiger partial charge in [0.25, 0.3) is 0 Å². The van der Waals surface area contributed by atoms with Crippen molar-refractivity contribution in [1.82, 2.24) is 30.4 Å². The third-order valence-corrected chi connectivity index (χ3v) is 10.3. The number of carboxylic acids is 1. The Morgan fingerprint density at radius 1 is 1.16 bits per heavy atom. The zero-order valence-corrected chi connectivity index (χ0v) is 29.9. The van der Waals surface area contributed by atoms with Gasteiger partial charge in [-0.25, -0.2) is 14.4 Å². The predicted octanol–water partition coefficient (Wildman–Crippen LogP) is 5.96. The maximum atomic E-state index is 14.8. The van der Waals surface area contributed by atoms with Gasteiger partial charge in [-0.2, -0.15) is 0 Å². The Morgan fingerprint density at radius 3 is 2.82 bits per heavy atom. The maximum Gasteiger partial charge on any atom is 0.309 e. The number of hydrogen-bond donors (Lipinski definition) is 3. The van der Waals surface area contributed by atoms with E-state index in [-0.39, 0.29) is 18.8 Å². The van der Waals surface area contributed by atoms with Crippen molar-refractivity contribution >= 4 is 60.8 Å².